The van der Waals surface area contributed by atoms with Gasteiger partial charge in [0.05, 0.1) is 6.10 Å². The van der Waals surface area contributed by atoms with Crippen molar-refractivity contribution in [2.24, 2.45) is 46.3 Å². The van der Waals surface area contributed by atoms with Gasteiger partial charge in [-0.05, 0) is 85.9 Å². The van der Waals surface area contributed by atoms with E-state index >= 15 is 0 Å². The standard InChI is InChI=1S/C27H44O7/c1-15(7-10-27(33,34)16(2)23(29)30)18-5-6-19-22-20(8-9-25(18,19)4)24(3)11-12-26(31,32)14-17(24)13-21(22)28/h13,15-16,18-22,28,31-34H,5-12,14H2,1-4H3,(H,29,30)/t15?,16?,18?,19?,20?,21-,22?,24+,25-/m1/s1. The third kappa shape index (κ3) is 4.15. The van der Waals surface area contributed by atoms with E-state index in [1.807, 2.05) is 6.08 Å². The fraction of sp³-hybridized carbons (Fsp3) is 0.889. The quantitative estimate of drug-likeness (QED) is 0.254. The number of carboxylic acids is 1. The number of aliphatic carboxylic acids is 1. The number of aliphatic hydroxyl groups excluding tert-OH is 1. The maximum Gasteiger partial charge on any atom is 0.311 e. The molecule has 4 rings (SSSR count). The predicted octanol–water partition coefficient (Wildman–Crippen LogP) is 3.04. The Balaban J connectivity index is 1.51. The molecule has 0 aromatic carbocycles. The Kier molecular flexibility index (Phi) is 6.56. The first kappa shape index (κ1) is 26.1. The lowest BCUT2D eigenvalue weighted by Gasteiger charge is -2.60. The fourth-order valence-electron chi connectivity index (χ4n) is 8.65. The molecule has 6 unspecified atom stereocenters. The minimum absolute atomic E-state index is 0.0296. The Morgan fingerprint density at radius 1 is 1.09 bits per heavy atom. The lowest BCUT2D eigenvalue weighted by Crippen LogP contribution is -2.56. The molecule has 4 aliphatic rings. The van der Waals surface area contributed by atoms with Gasteiger partial charge in [-0.15, -0.1) is 0 Å². The summed E-state index contributed by atoms with van der Waals surface area (Å²) >= 11 is 0. The molecule has 0 aromatic rings. The molecule has 0 heterocycles. The molecule has 3 saturated carbocycles. The Labute approximate surface area is 202 Å². The molecule has 0 aliphatic heterocycles. The molecule has 0 amide bonds. The SMILES string of the molecule is CC(CCC(O)(O)C(C)C(=O)O)C1CCC2C3C(CC[C@]12C)[C@@]1(C)CCC(O)(O)CC1=C[C@H]3O. The number of carbonyl (C=O) groups is 1. The summed E-state index contributed by atoms with van der Waals surface area (Å²) in [5.74, 6) is -4.91. The molecule has 0 saturated heterocycles. The second-order valence-corrected chi connectivity index (χ2v) is 12.7. The predicted molar refractivity (Wildman–Crippen MR) is 126 cm³/mol. The highest BCUT2D eigenvalue weighted by atomic mass is 16.5. The Hall–Kier alpha value is -0.990. The van der Waals surface area contributed by atoms with Crippen LogP contribution in [0.4, 0.5) is 0 Å². The molecular weight excluding hydrogens is 436 g/mol. The van der Waals surface area contributed by atoms with Crippen LogP contribution >= 0.6 is 0 Å². The van der Waals surface area contributed by atoms with E-state index in [-0.39, 0.29) is 35.5 Å². The molecule has 0 spiro atoms. The largest absolute Gasteiger partial charge is 0.481 e. The van der Waals surface area contributed by atoms with Gasteiger partial charge in [0.2, 0.25) is 0 Å². The Morgan fingerprint density at radius 2 is 1.76 bits per heavy atom. The summed E-state index contributed by atoms with van der Waals surface area (Å²) in [5.41, 5.74) is 0.935. The fourth-order valence-corrected chi connectivity index (χ4v) is 8.65. The molecule has 6 N–H and O–H groups in total. The molecule has 3 fully saturated rings. The summed E-state index contributed by atoms with van der Waals surface area (Å²) in [7, 11) is 0. The van der Waals surface area contributed by atoms with Crippen LogP contribution in [0.5, 0.6) is 0 Å². The minimum Gasteiger partial charge on any atom is -0.481 e. The highest BCUT2D eigenvalue weighted by Crippen LogP contribution is 2.67. The van der Waals surface area contributed by atoms with Crippen LogP contribution in [0.1, 0.15) is 85.5 Å². The number of hydrogen-bond acceptors (Lipinski definition) is 6. The smallest absolute Gasteiger partial charge is 0.311 e. The van der Waals surface area contributed by atoms with Crippen molar-refractivity contribution >= 4 is 5.97 Å². The highest BCUT2D eigenvalue weighted by molar-refractivity contribution is 5.70. The lowest BCUT2D eigenvalue weighted by atomic mass is 9.46. The third-order valence-corrected chi connectivity index (χ3v) is 11.0. The zero-order valence-electron chi connectivity index (χ0n) is 21.1. The summed E-state index contributed by atoms with van der Waals surface area (Å²) in [6.45, 7) is 8.07. The Bertz CT molecular complexity index is 835. The van der Waals surface area contributed by atoms with E-state index in [1.54, 1.807) is 0 Å². The van der Waals surface area contributed by atoms with Gasteiger partial charge in [0.25, 0.3) is 0 Å². The van der Waals surface area contributed by atoms with Gasteiger partial charge in [-0.25, -0.2) is 0 Å². The van der Waals surface area contributed by atoms with Gasteiger partial charge in [-0.2, -0.15) is 0 Å². The van der Waals surface area contributed by atoms with E-state index in [0.717, 1.165) is 37.7 Å². The van der Waals surface area contributed by atoms with Gasteiger partial charge < -0.3 is 30.6 Å². The van der Waals surface area contributed by atoms with E-state index in [0.29, 0.717) is 30.6 Å². The minimum atomic E-state index is -2.22. The topological polar surface area (TPSA) is 138 Å². The van der Waals surface area contributed by atoms with Gasteiger partial charge in [0, 0.05) is 19.3 Å². The zero-order chi connectivity index (χ0) is 25.3. The number of hydrogen-bond donors (Lipinski definition) is 6. The third-order valence-electron chi connectivity index (χ3n) is 11.0. The molecule has 9 atom stereocenters. The van der Waals surface area contributed by atoms with Gasteiger partial charge in [-0.3, -0.25) is 4.79 Å². The van der Waals surface area contributed by atoms with Gasteiger partial charge in [-0.1, -0.05) is 32.4 Å². The molecular formula is C27H44O7. The van der Waals surface area contributed by atoms with Crippen molar-refractivity contribution in [2.45, 2.75) is 103 Å². The molecule has 4 aliphatic carbocycles. The van der Waals surface area contributed by atoms with Crippen LogP contribution < -0.4 is 0 Å². The lowest BCUT2D eigenvalue weighted by molar-refractivity contribution is -0.212. The van der Waals surface area contributed by atoms with Gasteiger partial charge >= 0.3 is 5.97 Å². The molecule has 0 bridgehead atoms. The van der Waals surface area contributed by atoms with E-state index in [2.05, 4.69) is 20.8 Å². The maximum absolute atomic E-state index is 11.3. The number of aliphatic hydroxyl groups is 5. The zero-order valence-corrected chi connectivity index (χ0v) is 21.1. The monoisotopic (exact) mass is 480 g/mol. The molecule has 7 heteroatoms. The van der Waals surface area contributed by atoms with Crippen LogP contribution in [0.25, 0.3) is 0 Å². The van der Waals surface area contributed by atoms with Crippen molar-refractivity contribution in [3.05, 3.63) is 11.6 Å². The van der Waals surface area contributed by atoms with E-state index in [9.17, 15) is 35.4 Å². The van der Waals surface area contributed by atoms with Crippen molar-refractivity contribution in [2.75, 3.05) is 0 Å². The normalized spacial score (nSPS) is 43.2. The average Bonchev–Trinajstić information content (AvgIpc) is 3.09. The first-order valence-corrected chi connectivity index (χ1v) is 13.1. The highest BCUT2D eigenvalue weighted by Gasteiger charge is 2.61. The summed E-state index contributed by atoms with van der Waals surface area (Å²) < 4.78 is 0. The van der Waals surface area contributed by atoms with Crippen molar-refractivity contribution in [1.29, 1.82) is 0 Å². The summed E-state index contributed by atoms with van der Waals surface area (Å²) in [5, 5.41) is 61.5. The van der Waals surface area contributed by atoms with Crippen molar-refractivity contribution < 1.29 is 35.4 Å². The number of fused-ring (bicyclic) bond motifs is 5. The molecule has 34 heavy (non-hydrogen) atoms. The second kappa shape index (κ2) is 8.55. The first-order valence-electron chi connectivity index (χ1n) is 13.1. The van der Waals surface area contributed by atoms with Crippen LogP contribution in [0.3, 0.4) is 0 Å². The van der Waals surface area contributed by atoms with Crippen LogP contribution in [-0.2, 0) is 4.79 Å². The number of rotatable bonds is 6. The average molecular weight is 481 g/mol. The van der Waals surface area contributed by atoms with Crippen LogP contribution in [-0.4, -0.2) is 54.3 Å². The van der Waals surface area contributed by atoms with Crippen LogP contribution in [0.15, 0.2) is 11.6 Å². The van der Waals surface area contributed by atoms with E-state index in [1.165, 1.54) is 6.92 Å². The molecule has 194 valence electrons. The molecule has 0 aromatic heterocycles. The van der Waals surface area contributed by atoms with Crippen molar-refractivity contribution in [3.63, 3.8) is 0 Å². The van der Waals surface area contributed by atoms with Gasteiger partial charge in [0.1, 0.15) is 5.92 Å². The molecule has 0 radical (unpaired) electrons. The maximum atomic E-state index is 11.3. The van der Waals surface area contributed by atoms with Crippen LogP contribution in [0, 0.1) is 46.3 Å². The van der Waals surface area contributed by atoms with Crippen molar-refractivity contribution in [3.8, 4) is 0 Å². The summed E-state index contributed by atoms with van der Waals surface area (Å²) in [4.78, 5) is 11.2. The molecule has 7 nitrogen and oxygen atoms in total. The van der Waals surface area contributed by atoms with Crippen LogP contribution in [0.2, 0.25) is 0 Å². The second-order valence-electron chi connectivity index (χ2n) is 12.7. The first-order chi connectivity index (χ1) is 15.6. The van der Waals surface area contributed by atoms with E-state index in [4.69, 9.17) is 0 Å². The summed E-state index contributed by atoms with van der Waals surface area (Å²) in [6, 6.07) is 0. The van der Waals surface area contributed by atoms with Gasteiger partial charge in [0.15, 0.2) is 11.6 Å². The van der Waals surface area contributed by atoms with E-state index < -0.39 is 29.6 Å². The Morgan fingerprint density at radius 3 is 2.41 bits per heavy atom. The summed E-state index contributed by atoms with van der Waals surface area (Å²) in [6.07, 6.45) is 7.31. The number of carboxylic acid groups (broad SMARTS) is 1. The van der Waals surface area contributed by atoms with Crippen molar-refractivity contribution in [1.82, 2.24) is 0 Å².